The summed E-state index contributed by atoms with van der Waals surface area (Å²) in [5, 5.41) is 10.9. The van der Waals surface area contributed by atoms with Gasteiger partial charge in [0.05, 0.1) is 16.8 Å². The summed E-state index contributed by atoms with van der Waals surface area (Å²) in [6.45, 7) is 6.80. The second-order valence-electron chi connectivity index (χ2n) is 10.5. The van der Waals surface area contributed by atoms with Gasteiger partial charge in [0.2, 0.25) is 0 Å². The molecule has 0 saturated carbocycles. The summed E-state index contributed by atoms with van der Waals surface area (Å²) in [4.78, 5) is 2.56. The highest BCUT2D eigenvalue weighted by molar-refractivity contribution is 7.91. The lowest BCUT2D eigenvalue weighted by Gasteiger charge is -2.22. The minimum absolute atomic E-state index is 0.107. The molecular weight excluding hydrogens is 482 g/mol. The minimum Gasteiger partial charge on any atom is -0.489 e. The van der Waals surface area contributed by atoms with Crippen molar-refractivity contribution in [2.75, 3.05) is 25.4 Å². The van der Waals surface area contributed by atoms with Crippen molar-refractivity contribution in [3.63, 3.8) is 0 Å². The molecule has 5 nitrogen and oxygen atoms in total. The number of benzene rings is 3. The molecule has 1 aliphatic rings. The molecular formula is C31H39NO4S. The number of sulfone groups is 1. The molecule has 198 valence electrons. The van der Waals surface area contributed by atoms with E-state index in [2.05, 4.69) is 18.7 Å². The molecule has 1 unspecified atom stereocenters. The van der Waals surface area contributed by atoms with Crippen LogP contribution in [-0.4, -0.2) is 43.8 Å². The predicted molar refractivity (Wildman–Crippen MR) is 149 cm³/mol. The van der Waals surface area contributed by atoms with Crippen molar-refractivity contribution in [3.8, 4) is 5.75 Å². The summed E-state index contributed by atoms with van der Waals surface area (Å²) in [5.74, 6) is 1.53. The third-order valence-electron chi connectivity index (χ3n) is 7.03. The Morgan fingerprint density at radius 1 is 1.00 bits per heavy atom. The molecule has 4 rings (SSSR count). The van der Waals surface area contributed by atoms with E-state index in [1.54, 1.807) is 12.1 Å². The molecule has 1 N–H and O–H groups in total. The van der Waals surface area contributed by atoms with Crippen molar-refractivity contribution in [1.82, 2.24) is 4.90 Å². The van der Waals surface area contributed by atoms with Crippen LogP contribution in [0.2, 0.25) is 0 Å². The van der Waals surface area contributed by atoms with Crippen molar-refractivity contribution < 1.29 is 18.3 Å². The van der Waals surface area contributed by atoms with E-state index in [1.807, 2.05) is 60.7 Å². The van der Waals surface area contributed by atoms with Crippen LogP contribution in [0.15, 0.2) is 77.7 Å². The van der Waals surface area contributed by atoms with Crippen molar-refractivity contribution in [1.29, 1.82) is 0 Å². The fraction of sp³-hybridized carbons (Fsp3) is 0.419. The molecule has 37 heavy (non-hydrogen) atoms. The molecule has 0 fully saturated rings. The standard InChI is InChI=1S/C31H39NO4S/c1-24(2)9-10-25-11-14-29(15-12-25)37(34,35)20-6-18-32-19-17-27-21-28(13-16-30(27)31(33)22-32)36-23-26-7-4-3-5-8-26/h3-5,7-8,11-16,21,24,31,33H,6,9-10,17-20,22-23H2,1-2H3. The number of β-amino-alcohol motifs (C(OH)–C–C–N with tert-alkyl or cyclic N) is 1. The van der Waals surface area contributed by atoms with Crippen molar-refractivity contribution in [2.45, 2.75) is 57.1 Å². The fourth-order valence-electron chi connectivity index (χ4n) is 4.79. The maximum Gasteiger partial charge on any atom is 0.178 e. The third-order valence-corrected chi connectivity index (χ3v) is 8.85. The van der Waals surface area contributed by atoms with Crippen molar-refractivity contribution >= 4 is 9.84 Å². The third kappa shape index (κ3) is 7.91. The van der Waals surface area contributed by atoms with Crippen LogP contribution in [0, 0.1) is 5.92 Å². The van der Waals surface area contributed by atoms with Gasteiger partial charge < -0.3 is 14.7 Å². The summed E-state index contributed by atoms with van der Waals surface area (Å²) in [6.07, 6.45) is 2.79. The first-order valence-electron chi connectivity index (χ1n) is 13.3. The largest absolute Gasteiger partial charge is 0.489 e. The summed E-state index contributed by atoms with van der Waals surface area (Å²) < 4.78 is 31.7. The highest BCUT2D eigenvalue weighted by Gasteiger charge is 2.22. The van der Waals surface area contributed by atoms with Gasteiger partial charge in [0.25, 0.3) is 0 Å². The van der Waals surface area contributed by atoms with Crippen LogP contribution in [0.3, 0.4) is 0 Å². The first-order chi connectivity index (χ1) is 17.8. The van der Waals surface area contributed by atoms with Crippen molar-refractivity contribution in [2.24, 2.45) is 5.92 Å². The highest BCUT2D eigenvalue weighted by Crippen LogP contribution is 2.28. The van der Waals surface area contributed by atoms with Crippen LogP contribution in [0.5, 0.6) is 5.75 Å². The molecule has 3 aromatic rings. The molecule has 1 aliphatic heterocycles. The monoisotopic (exact) mass is 521 g/mol. The highest BCUT2D eigenvalue weighted by atomic mass is 32.2. The van der Waals surface area contributed by atoms with E-state index in [1.165, 1.54) is 5.56 Å². The molecule has 0 bridgehead atoms. The lowest BCUT2D eigenvalue weighted by Crippen LogP contribution is -2.30. The number of nitrogens with zero attached hydrogens (tertiary/aromatic N) is 1. The van der Waals surface area contributed by atoms with Gasteiger partial charge in [-0.1, -0.05) is 62.4 Å². The molecule has 3 aromatic carbocycles. The Morgan fingerprint density at radius 2 is 1.76 bits per heavy atom. The number of aliphatic hydroxyl groups excluding tert-OH is 1. The average Bonchev–Trinajstić information content (AvgIpc) is 3.05. The molecule has 1 atom stereocenters. The number of aliphatic hydroxyl groups is 1. The maximum atomic E-state index is 12.9. The maximum absolute atomic E-state index is 12.9. The minimum atomic E-state index is -3.33. The van der Waals surface area contributed by atoms with E-state index in [9.17, 15) is 13.5 Å². The lowest BCUT2D eigenvalue weighted by molar-refractivity contribution is 0.120. The van der Waals surface area contributed by atoms with Gasteiger partial charge in [0.1, 0.15) is 12.4 Å². The normalized spacial score (nSPS) is 16.4. The Hall–Kier alpha value is -2.67. The zero-order chi connectivity index (χ0) is 26.3. The number of rotatable bonds is 11. The first kappa shape index (κ1) is 27.4. The summed E-state index contributed by atoms with van der Waals surface area (Å²) in [6, 6.07) is 23.3. The molecule has 1 heterocycles. The van der Waals surface area contributed by atoms with E-state index in [0.717, 1.165) is 48.2 Å². The summed E-state index contributed by atoms with van der Waals surface area (Å²) >= 11 is 0. The van der Waals surface area contributed by atoms with Crippen LogP contribution >= 0.6 is 0 Å². The van der Waals surface area contributed by atoms with Gasteiger partial charge in [-0.25, -0.2) is 8.42 Å². The van der Waals surface area contributed by atoms with E-state index in [-0.39, 0.29) is 5.75 Å². The number of hydrogen-bond donors (Lipinski definition) is 1. The number of ether oxygens (including phenoxy) is 1. The molecule has 0 amide bonds. The molecule has 0 saturated heterocycles. The number of fused-ring (bicyclic) bond motifs is 1. The van der Waals surface area contributed by atoms with Crippen LogP contribution in [-0.2, 0) is 29.3 Å². The van der Waals surface area contributed by atoms with Crippen molar-refractivity contribution in [3.05, 3.63) is 95.1 Å². The predicted octanol–water partition coefficient (Wildman–Crippen LogP) is 5.61. The Morgan fingerprint density at radius 3 is 2.49 bits per heavy atom. The zero-order valence-electron chi connectivity index (χ0n) is 22.0. The van der Waals surface area contributed by atoms with Gasteiger partial charge in [0, 0.05) is 13.1 Å². The molecule has 0 spiro atoms. The Kier molecular flexibility index (Phi) is 9.41. The lowest BCUT2D eigenvalue weighted by atomic mass is 10.0. The smallest absolute Gasteiger partial charge is 0.178 e. The molecule has 6 heteroatoms. The second-order valence-corrected chi connectivity index (χ2v) is 12.6. The van der Waals surface area contributed by atoms with Gasteiger partial charge >= 0.3 is 0 Å². The van der Waals surface area contributed by atoms with Crippen LogP contribution in [0.25, 0.3) is 0 Å². The average molecular weight is 522 g/mol. The molecule has 0 aliphatic carbocycles. The van der Waals surface area contributed by atoms with E-state index < -0.39 is 15.9 Å². The van der Waals surface area contributed by atoms with E-state index in [4.69, 9.17) is 4.74 Å². The zero-order valence-corrected chi connectivity index (χ0v) is 22.8. The van der Waals surface area contributed by atoms with Crippen LogP contribution in [0.1, 0.15) is 55.0 Å². The van der Waals surface area contributed by atoms with Crippen LogP contribution < -0.4 is 4.74 Å². The summed E-state index contributed by atoms with van der Waals surface area (Å²) in [5.41, 5.74) is 4.31. The Labute approximate surface area is 222 Å². The Bertz CT molecular complexity index is 1240. The Balaban J connectivity index is 1.28. The van der Waals surface area contributed by atoms with Gasteiger partial charge in [-0.15, -0.1) is 0 Å². The van der Waals surface area contributed by atoms with E-state index >= 15 is 0 Å². The molecule has 0 radical (unpaired) electrons. The topological polar surface area (TPSA) is 66.8 Å². The number of hydrogen-bond acceptors (Lipinski definition) is 5. The fourth-order valence-corrected chi connectivity index (χ4v) is 6.08. The SMILES string of the molecule is CC(C)CCc1ccc(S(=O)(=O)CCCN2CCc3cc(OCc4ccccc4)ccc3C(O)C2)cc1. The first-order valence-corrected chi connectivity index (χ1v) is 15.0. The van der Waals surface area contributed by atoms with Crippen LogP contribution in [0.4, 0.5) is 0 Å². The second kappa shape index (κ2) is 12.7. The van der Waals surface area contributed by atoms with Gasteiger partial charge in [0.15, 0.2) is 9.84 Å². The van der Waals surface area contributed by atoms with Gasteiger partial charge in [-0.2, -0.15) is 0 Å². The summed E-state index contributed by atoms with van der Waals surface area (Å²) in [7, 11) is -3.33. The number of aryl methyl sites for hydroxylation is 1. The molecule has 0 aromatic heterocycles. The van der Waals surface area contributed by atoms with E-state index in [0.29, 0.717) is 36.9 Å². The van der Waals surface area contributed by atoms with Gasteiger partial charge in [-0.05, 0) is 84.7 Å². The quantitative estimate of drug-likeness (QED) is 0.355. The van der Waals surface area contributed by atoms with Gasteiger partial charge in [-0.3, -0.25) is 0 Å².